The smallest absolute Gasteiger partial charge is 0.303 e. The predicted molar refractivity (Wildman–Crippen MR) is 75.7 cm³/mol. The van der Waals surface area contributed by atoms with E-state index in [1.54, 1.807) is 0 Å². The number of hydrogen-bond acceptors (Lipinski definition) is 4. The van der Waals surface area contributed by atoms with E-state index in [1.807, 2.05) is 18.2 Å². The molecule has 1 N–H and O–H groups in total. The second kappa shape index (κ2) is 6.29. The molecule has 0 radical (unpaired) electrons. The minimum absolute atomic E-state index is 0.0969. The summed E-state index contributed by atoms with van der Waals surface area (Å²) in [5.74, 6) is 0.0474. The molecule has 2 rings (SSSR count). The Labute approximate surface area is 126 Å². The Morgan fingerprint density at radius 3 is 2.79 bits per heavy atom. The maximum Gasteiger partial charge on any atom is 0.303 e. The quantitative estimate of drug-likeness (QED) is 0.844. The van der Waals surface area contributed by atoms with Gasteiger partial charge in [0.1, 0.15) is 0 Å². The largest absolute Gasteiger partial charge is 0.481 e. The van der Waals surface area contributed by atoms with E-state index in [1.165, 1.54) is 0 Å². The highest BCUT2D eigenvalue weighted by Crippen LogP contribution is 2.30. The lowest BCUT2D eigenvalue weighted by Crippen LogP contribution is -1.95. The van der Waals surface area contributed by atoms with E-state index in [2.05, 4.69) is 42.1 Å². The molecule has 0 aliphatic heterocycles. The molecule has 2 aromatic rings. The van der Waals surface area contributed by atoms with Gasteiger partial charge in [0.05, 0.1) is 5.56 Å². The molecule has 7 heteroatoms. The molecule has 0 amide bonds. The maximum atomic E-state index is 10.4. The van der Waals surface area contributed by atoms with Crippen molar-refractivity contribution in [2.75, 3.05) is 0 Å². The van der Waals surface area contributed by atoms with E-state index in [-0.39, 0.29) is 6.42 Å². The van der Waals surface area contributed by atoms with E-state index < -0.39 is 5.97 Å². The predicted octanol–water partition coefficient (Wildman–Crippen LogP) is 3.67. The van der Waals surface area contributed by atoms with E-state index >= 15 is 0 Å². The average molecular weight is 390 g/mol. The molecule has 19 heavy (non-hydrogen) atoms. The van der Waals surface area contributed by atoms with Gasteiger partial charge in [0.15, 0.2) is 0 Å². The molecular formula is C12H10Br2N2O3. The molecule has 0 spiro atoms. The highest BCUT2D eigenvalue weighted by molar-refractivity contribution is 9.11. The lowest BCUT2D eigenvalue weighted by molar-refractivity contribution is -0.137. The Bertz CT molecular complexity index is 598. The van der Waals surface area contributed by atoms with Gasteiger partial charge in [0, 0.05) is 21.8 Å². The summed E-state index contributed by atoms with van der Waals surface area (Å²) >= 11 is 6.80. The van der Waals surface area contributed by atoms with E-state index in [9.17, 15) is 4.79 Å². The Balaban J connectivity index is 2.10. The molecule has 0 unspecified atom stereocenters. The molecule has 1 heterocycles. The van der Waals surface area contributed by atoms with Crippen LogP contribution in [0.5, 0.6) is 0 Å². The summed E-state index contributed by atoms with van der Waals surface area (Å²) in [6.07, 6.45) is 1.05. The number of rotatable bonds is 5. The minimum atomic E-state index is -0.824. The monoisotopic (exact) mass is 388 g/mol. The van der Waals surface area contributed by atoms with Crippen LogP contribution in [0.4, 0.5) is 0 Å². The standard InChI is InChI=1S/C12H10Br2N2O3/c13-7-4-5-8(9(14)6-7)12-16-15-10(19-12)2-1-3-11(17)18/h4-6H,1-3H2,(H,17,18). The fraction of sp³-hybridized carbons (Fsp3) is 0.250. The van der Waals surface area contributed by atoms with Crippen molar-refractivity contribution in [2.45, 2.75) is 19.3 Å². The van der Waals surface area contributed by atoms with Gasteiger partial charge in [-0.25, -0.2) is 0 Å². The Morgan fingerprint density at radius 1 is 1.32 bits per heavy atom. The fourth-order valence-electron chi connectivity index (χ4n) is 1.52. The summed E-state index contributed by atoms with van der Waals surface area (Å²) in [6.45, 7) is 0. The Hall–Kier alpha value is -1.21. The Morgan fingerprint density at radius 2 is 2.11 bits per heavy atom. The summed E-state index contributed by atoms with van der Waals surface area (Å²) in [7, 11) is 0. The van der Waals surface area contributed by atoms with E-state index in [4.69, 9.17) is 9.52 Å². The molecule has 100 valence electrons. The number of carboxylic acid groups (broad SMARTS) is 1. The third kappa shape index (κ3) is 3.87. The van der Waals surface area contributed by atoms with Gasteiger partial charge in [-0.2, -0.15) is 0 Å². The molecule has 0 saturated heterocycles. The molecule has 1 aromatic heterocycles. The number of aryl methyl sites for hydroxylation is 1. The fourth-order valence-corrected chi connectivity index (χ4v) is 2.73. The lowest BCUT2D eigenvalue weighted by Gasteiger charge is -1.99. The second-order valence-corrected chi connectivity index (χ2v) is 5.64. The van der Waals surface area contributed by atoms with Crippen LogP contribution in [0.15, 0.2) is 31.6 Å². The number of halogens is 2. The summed E-state index contributed by atoms with van der Waals surface area (Å²) in [6, 6.07) is 5.64. The van der Waals surface area contributed by atoms with E-state index in [0.29, 0.717) is 24.6 Å². The van der Waals surface area contributed by atoms with Gasteiger partial charge in [-0.05, 0) is 40.5 Å². The summed E-state index contributed by atoms with van der Waals surface area (Å²) < 4.78 is 7.31. The number of benzene rings is 1. The third-order valence-corrected chi connectivity index (χ3v) is 3.56. The zero-order valence-corrected chi connectivity index (χ0v) is 12.9. The second-order valence-electron chi connectivity index (χ2n) is 3.87. The lowest BCUT2D eigenvalue weighted by atomic mass is 10.2. The van der Waals surface area contributed by atoms with Crippen molar-refractivity contribution in [3.63, 3.8) is 0 Å². The van der Waals surface area contributed by atoms with Crippen LogP contribution in [0.1, 0.15) is 18.7 Å². The van der Waals surface area contributed by atoms with Gasteiger partial charge in [-0.1, -0.05) is 15.9 Å². The minimum Gasteiger partial charge on any atom is -0.481 e. The van der Waals surface area contributed by atoms with Crippen LogP contribution in [0, 0.1) is 0 Å². The Kier molecular flexibility index (Phi) is 4.71. The zero-order chi connectivity index (χ0) is 13.8. The maximum absolute atomic E-state index is 10.4. The van der Waals surface area contributed by atoms with Gasteiger partial charge in [-0.3, -0.25) is 4.79 Å². The molecule has 1 aromatic carbocycles. The first-order valence-electron chi connectivity index (χ1n) is 5.56. The third-order valence-electron chi connectivity index (χ3n) is 2.41. The van der Waals surface area contributed by atoms with Gasteiger partial charge in [-0.15, -0.1) is 10.2 Å². The van der Waals surface area contributed by atoms with Crippen molar-refractivity contribution in [2.24, 2.45) is 0 Å². The summed E-state index contributed by atoms with van der Waals surface area (Å²) in [5, 5.41) is 16.4. The van der Waals surface area contributed by atoms with Gasteiger partial charge < -0.3 is 9.52 Å². The number of hydrogen-bond donors (Lipinski definition) is 1. The van der Waals surface area contributed by atoms with Gasteiger partial charge in [0.25, 0.3) is 0 Å². The van der Waals surface area contributed by atoms with Crippen LogP contribution in [0.2, 0.25) is 0 Å². The number of nitrogens with zero attached hydrogens (tertiary/aromatic N) is 2. The zero-order valence-electron chi connectivity index (χ0n) is 9.77. The van der Waals surface area contributed by atoms with Crippen LogP contribution in [-0.4, -0.2) is 21.3 Å². The number of carbonyl (C=O) groups is 1. The molecule has 0 bridgehead atoms. The normalized spacial score (nSPS) is 10.6. The van der Waals surface area contributed by atoms with Crippen LogP contribution >= 0.6 is 31.9 Å². The molecule has 5 nitrogen and oxygen atoms in total. The molecule has 0 aliphatic carbocycles. The summed E-state index contributed by atoms with van der Waals surface area (Å²) in [5.41, 5.74) is 0.806. The topological polar surface area (TPSA) is 76.2 Å². The van der Waals surface area contributed by atoms with Crippen LogP contribution in [0.3, 0.4) is 0 Å². The SMILES string of the molecule is O=C(O)CCCc1nnc(-c2ccc(Br)cc2Br)o1. The molecule has 0 aliphatic rings. The average Bonchev–Trinajstić information content (AvgIpc) is 2.77. The molecule has 0 atom stereocenters. The van der Waals surface area contributed by atoms with Crippen LogP contribution in [-0.2, 0) is 11.2 Å². The highest BCUT2D eigenvalue weighted by atomic mass is 79.9. The molecule has 0 saturated carbocycles. The van der Waals surface area contributed by atoms with Crippen molar-refractivity contribution in [3.8, 4) is 11.5 Å². The molecular weight excluding hydrogens is 380 g/mol. The van der Waals surface area contributed by atoms with Crippen molar-refractivity contribution < 1.29 is 14.3 Å². The first-order chi connectivity index (χ1) is 9.06. The first kappa shape index (κ1) is 14.2. The molecule has 0 fully saturated rings. The first-order valence-corrected chi connectivity index (χ1v) is 7.14. The number of carboxylic acids is 1. The van der Waals surface area contributed by atoms with Crippen LogP contribution in [0.25, 0.3) is 11.5 Å². The van der Waals surface area contributed by atoms with Crippen LogP contribution < -0.4 is 0 Å². The highest BCUT2D eigenvalue weighted by Gasteiger charge is 2.12. The van der Waals surface area contributed by atoms with Crippen molar-refractivity contribution in [3.05, 3.63) is 33.0 Å². The van der Waals surface area contributed by atoms with Gasteiger partial charge in [0.2, 0.25) is 11.8 Å². The van der Waals surface area contributed by atoms with E-state index in [0.717, 1.165) is 14.5 Å². The number of aromatic nitrogens is 2. The number of aliphatic carboxylic acids is 1. The van der Waals surface area contributed by atoms with Gasteiger partial charge >= 0.3 is 5.97 Å². The van der Waals surface area contributed by atoms with Crippen molar-refractivity contribution >= 4 is 37.8 Å². The van der Waals surface area contributed by atoms with Crippen molar-refractivity contribution in [1.29, 1.82) is 0 Å². The summed E-state index contributed by atoms with van der Waals surface area (Å²) in [4.78, 5) is 10.4. The van der Waals surface area contributed by atoms with Crippen molar-refractivity contribution in [1.82, 2.24) is 10.2 Å².